The van der Waals surface area contributed by atoms with E-state index >= 15 is 0 Å². The number of carbonyl (C=O) groups is 2. The van der Waals surface area contributed by atoms with Crippen LogP contribution in [0.3, 0.4) is 0 Å². The topological polar surface area (TPSA) is 98.6 Å². The molecule has 33 heavy (non-hydrogen) atoms. The zero-order chi connectivity index (χ0) is 23.8. The van der Waals surface area contributed by atoms with Crippen molar-refractivity contribution < 1.29 is 31.9 Å². The summed E-state index contributed by atoms with van der Waals surface area (Å²) in [6.07, 6.45) is -6.75. The summed E-state index contributed by atoms with van der Waals surface area (Å²) in [6.45, 7) is -2.51. The lowest BCUT2D eigenvalue weighted by Crippen LogP contribution is -2.55. The summed E-state index contributed by atoms with van der Waals surface area (Å²) in [6, 6.07) is 6.94. The van der Waals surface area contributed by atoms with Gasteiger partial charge in [0.2, 0.25) is 5.91 Å². The van der Waals surface area contributed by atoms with Crippen molar-refractivity contribution in [2.24, 2.45) is 0 Å². The number of alkyl halides is 4. The Bertz CT molecular complexity index is 1130. The number of ether oxygens (including phenoxy) is 1. The molecular formula is C20H17F4N5O3S. The van der Waals surface area contributed by atoms with E-state index < -0.39 is 43.2 Å². The highest BCUT2D eigenvalue weighted by Gasteiger charge is 2.51. The van der Waals surface area contributed by atoms with Crippen molar-refractivity contribution in [3.8, 4) is 6.07 Å². The van der Waals surface area contributed by atoms with Gasteiger partial charge in [-0.2, -0.15) is 22.8 Å². The van der Waals surface area contributed by atoms with E-state index in [0.29, 0.717) is 17.1 Å². The molecule has 2 aromatic rings. The average molecular weight is 483 g/mol. The van der Waals surface area contributed by atoms with Crippen molar-refractivity contribution in [1.29, 1.82) is 5.26 Å². The third kappa shape index (κ3) is 4.96. The minimum absolute atomic E-state index is 0.0363. The largest absolute Gasteiger partial charge is 0.377 e. The number of morpholine rings is 1. The Morgan fingerprint density at radius 2 is 1.97 bits per heavy atom. The van der Waals surface area contributed by atoms with Crippen molar-refractivity contribution in [3.05, 3.63) is 36.0 Å². The zero-order valence-corrected chi connectivity index (χ0v) is 17.7. The summed E-state index contributed by atoms with van der Waals surface area (Å²) in [7, 11) is 0. The molecule has 2 aliphatic rings. The molecule has 0 radical (unpaired) electrons. The monoisotopic (exact) mass is 483 g/mol. The van der Waals surface area contributed by atoms with Crippen molar-refractivity contribution in [2.75, 3.05) is 36.2 Å². The van der Waals surface area contributed by atoms with Gasteiger partial charge in [-0.1, -0.05) is 0 Å². The molecule has 1 N–H and O–H groups in total. The van der Waals surface area contributed by atoms with Crippen LogP contribution in [0, 0.1) is 11.3 Å². The molecule has 4 rings (SSSR count). The van der Waals surface area contributed by atoms with Crippen molar-refractivity contribution in [2.45, 2.75) is 18.3 Å². The van der Waals surface area contributed by atoms with Gasteiger partial charge in [0.05, 0.1) is 29.6 Å². The molecule has 8 nitrogen and oxygen atoms in total. The number of pyridine rings is 1. The predicted molar refractivity (Wildman–Crippen MR) is 111 cm³/mol. The highest BCUT2D eigenvalue weighted by atomic mass is 32.2. The number of hydrogen-bond acceptors (Lipinski definition) is 7. The highest BCUT2D eigenvalue weighted by Crippen LogP contribution is 2.36. The summed E-state index contributed by atoms with van der Waals surface area (Å²) >= 11 is 1.43. The first-order valence-corrected chi connectivity index (χ1v) is 10.9. The van der Waals surface area contributed by atoms with Crippen LogP contribution in [0.15, 0.2) is 30.5 Å². The molecule has 0 bridgehead atoms. The van der Waals surface area contributed by atoms with Gasteiger partial charge < -0.3 is 15.1 Å². The number of hydrogen-bond donors (Lipinski definition) is 1. The van der Waals surface area contributed by atoms with E-state index in [-0.39, 0.29) is 23.2 Å². The number of nitrogens with one attached hydrogen (secondary N) is 1. The van der Waals surface area contributed by atoms with Crippen molar-refractivity contribution in [3.63, 3.8) is 0 Å². The molecule has 1 atom stereocenters. The molecule has 1 aromatic carbocycles. The molecule has 0 saturated carbocycles. The molecule has 174 valence electrons. The van der Waals surface area contributed by atoms with Crippen molar-refractivity contribution in [1.82, 2.24) is 15.2 Å². The maximum Gasteiger partial charge on any atom is 0.377 e. The number of nitrogens with zero attached hydrogens (tertiary/aromatic N) is 4. The number of thioether (sulfide) groups is 1. The highest BCUT2D eigenvalue weighted by molar-refractivity contribution is 7.99. The fourth-order valence-corrected chi connectivity index (χ4v) is 4.75. The van der Waals surface area contributed by atoms with Crippen LogP contribution in [-0.2, 0) is 9.53 Å². The van der Waals surface area contributed by atoms with E-state index in [1.54, 1.807) is 0 Å². The van der Waals surface area contributed by atoms with E-state index in [9.17, 15) is 27.2 Å². The number of rotatable bonds is 4. The third-order valence-electron chi connectivity index (χ3n) is 5.14. The number of nitriles is 1. The summed E-state index contributed by atoms with van der Waals surface area (Å²) in [5.74, 6) is -0.209. The average Bonchev–Trinajstić information content (AvgIpc) is 3.23. The second kappa shape index (κ2) is 8.68. The van der Waals surface area contributed by atoms with Gasteiger partial charge in [0, 0.05) is 23.0 Å². The summed E-state index contributed by atoms with van der Waals surface area (Å²) in [5, 5.41) is 11.8. The van der Waals surface area contributed by atoms with Gasteiger partial charge in [-0.05, 0) is 24.3 Å². The second-order valence-corrected chi connectivity index (χ2v) is 8.48. The molecule has 1 aromatic heterocycles. The van der Waals surface area contributed by atoms with Gasteiger partial charge in [0.25, 0.3) is 5.91 Å². The van der Waals surface area contributed by atoms with E-state index in [0.717, 1.165) is 4.90 Å². The van der Waals surface area contributed by atoms with Gasteiger partial charge in [-0.15, -0.1) is 11.8 Å². The van der Waals surface area contributed by atoms with E-state index in [2.05, 4.69) is 15.0 Å². The third-order valence-corrected chi connectivity index (χ3v) is 6.15. The first kappa shape index (κ1) is 23.1. The molecule has 2 amide bonds. The lowest BCUT2D eigenvalue weighted by Gasteiger charge is -2.38. The molecule has 0 unspecified atom stereocenters. The number of amides is 2. The SMILES string of the molecule is N#C[C@@H]1CSCN1C(=O)CNC(=O)c1ccnc2ccc(N3CC(F)(F)OC(F)(F)C3)cc12. The minimum Gasteiger partial charge on any atom is -0.354 e. The van der Waals surface area contributed by atoms with Crippen LogP contribution in [0.4, 0.5) is 23.2 Å². The van der Waals surface area contributed by atoms with E-state index in [4.69, 9.17) is 5.26 Å². The van der Waals surface area contributed by atoms with Gasteiger partial charge in [-0.25, -0.2) is 0 Å². The molecule has 13 heteroatoms. The maximum atomic E-state index is 13.6. The molecule has 0 aliphatic carbocycles. The number of halogens is 4. The predicted octanol–water partition coefficient (Wildman–Crippen LogP) is 2.41. The number of anilines is 1. The molecule has 2 fully saturated rings. The first-order chi connectivity index (χ1) is 15.6. The van der Waals surface area contributed by atoms with Crippen LogP contribution in [0.1, 0.15) is 10.4 Å². The van der Waals surface area contributed by atoms with Crippen LogP contribution < -0.4 is 10.2 Å². The maximum absolute atomic E-state index is 13.6. The number of fused-ring (bicyclic) bond motifs is 1. The van der Waals surface area contributed by atoms with Crippen molar-refractivity contribution >= 4 is 40.2 Å². The van der Waals surface area contributed by atoms with Crippen LogP contribution in [-0.4, -0.2) is 71.2 Å². The van der Waals surface area contributed by atoms with E-state index in [1.807, 2.05) is 6.07 Å². The Morgan fingerprint density at radius 3 is 2.67 bits per heavy atom. The van der Waals surface area contributed by atoms with Gasteiger partial charge >= 0.3 is 12.2 Å². The van der Waals surface area contributed by atoms with Gasteiger partial charge in [0.15, 0.2) is 0 Å². The minimum atomic E-state index is -4.05. The molecule has 3 heterocycles. The first-order valence-electron chi connectivity index (χ1n) is 9.73. The lowest BCUT2D eigenvalue weighted by molar-refractivity contribution is -0.380. The van der Waals surface area contributed by atoms with E-state index in [1.165, 1.54) is 47.1 Å². The fourth-order valence-electron chi connectivity index (χ4n) is 3.64. The molecule has 0 spiro atoms. The Morgan fingerprint density at radius 1 is 1.24 bits per heavy atom. The number of aromatic nitrogens is 1. The Hall–Kier alpha value is -3.11. The molecule has 2 saturated heterocycles. The molecule has 2 aliphatic heterocycles. The van der Waals surface area contributed by atoms with Gasteiger partial charge in [-0.3, -0.25) is 19.3 Å². The lowest BCUT2D eigenvalue weighted by atomic mass is 10.1. The second-order valence-electron chi connectivity index (χ2n) is 7.48. The summed E-state index contributed by atoms with van der Waals surface area (Å²) < 4.78 is 58.1. The quantitative estimate of drug-likeness (QED) is 0.667. The van der Waals surface area contributed by atoms with Crippen LogP contribution >= 0.6 is 11.8 Å². The zero-order valence-electron chi connectivity index (χ0n) is 16.9. The summed E-state index contributed by atoms with van der Waals surface area (Å²) in [5.41, 5.74) is 0.466. The van der Waals surface area contributed by atoms with Gasteiger partial charge in [0.1, 0.15) is 19.1 Å². The Labute approximate surface area is 189 Å². The molecular weight excluding hydrogens is 466 g/mol. The fraction of sp³-hybridized carbons (Fsp3) is 0.400. The number of benzene rings is 1. The van der Waals surface area contributed by atoms with Crippen LogP contribution in [0.5, 0.6) is 0 Å². The number of carbonyl (C=O) groups excluding carboxylic acids is 2. The standard InChI is InChI=1S/C20H17F4N5O3S/c21-19(22)9-28(10-20(23,24)32-19)12-1-2-16-15(5-12)14(3-4-26-16)18(31)27-7-17(30)29-11-33-8-13(29)6-25/h1-5,13H,7-11H2,(H,27,31)/t13-/m1/s1. The van der Waals surface area contributed by atoms with Crippen LogP contribution in [0.2, 0.25) is 0 Å². The Kier molecular flexibility index (Phi) is 6.06. The Balaban J connectivity index is 1.55. The normalized spacial score (nSPS) is 21.6. The summed E-state index contributed by atoms with van der Waals surface area (Å²) in [4.78, 5) is 31.4. The van der Waals surface area contributed by atoms with Crippen LogP contribution in [0.25, 0.3) is 10.9 Å². The smallest absolute Gasteiger partial charge is 0.354 e.